The molecule has 7 heteroatoms. The van der Waals surface area contributed by atoms with Gasteiger partial charge in [0.1, 0.15) is 5.15 Å². The van der Waals surface area contributed by atoms with Gasteiger partial charge in [-0.2, -0.15) is 0 Å². The van der Waals surface area contributed by atoms with Crippen molar-refractivity contribution < 1.29 is 0 Å². The summed E-state index contributed by atoms with van der Waals surface area (Å²) < 4.78 is -1.65. The van der Waals surface area contributed by atoms with Crippen LogP contribution in [-0.2, 0) is 3.79 Å². The average Bonchev–Trinajstić information content (AvgIpc) is 1.98. The molecular weight excluding hydrogens is 299 g/mol. The largest absolute Gasteiger partial charge is 0.242 e. The molecule has 0 aromatic carbocycles. The van der Waals surface area contributed by atoms with Gasteiger partial charge in [0.15, 0.2) is 0 Å². The molecule has 1 aromatic rings. The maximum absolute atomic E-state index is 5.77. The van der Waals surface area contributed by atoms with Gasteiger partial charge in [0.05, 0.1) is 10.0 Å². The highest BCUT2D eigenvalue weighted by atomic mass is 35.6. The molecule has 72 valence electrons. The summed E-state index contributed by atoms with van der Waals surface area (Å²) in [7, 11) is 0. The van der Waals surface area contributed by atoms with Crippen LogP contribution >= 0.6 is 69.6 Å². The van der Waals surface area contributed by atoms with E-state index in [2.05, 4.69) is 4.98 Å². The van der Waals surface area contributed by atoms with E-state index in [0.29, 0.717) is 0 Å². The molecule has 0 spiro atoms. The summed E-state index contributed by atoms with van der Waals surface area (Å²) in [5.41, 5.74) is 0.202. The third-order valence-corrected chi connectivity index (χ3v) is 3.07. The van der Waals surface area contributed by atoms with Gasteiger partial charge in [-0.3, -0.25) is 0 Å². The highest BCUT2D eigenvalue weighted by molar-refractivity contribution is 6.67. The van der Waals surface area contributed by atoms with Crippen molar-refractivity contribution in [3.8, 4) is 0 Å². The second kappa shape index (κ2) is 4.18. The smallest absolute Gasteiger partial charge is 0.218 e. The minimum atomic E-state index is -1.65. The zero-order valence-corrected chi connectivity index (χ0v) is 10.3. The number of aromatic nitrogens is 1. The second-order valence-corrected chi connectivity index (χ2v) is 5.48. The number of hydrogen-bond donors (Lipinski definition) is 0. The van der Waals surface area contributed by atoms with E-state index in [1.807, 2.05) is 0 Å². The summed E-state index contributed by atoms with van der Waals surface area (Å²) >= 11 is 33.8. The quantitative estimate of drug-likeness (QED) is 0.492. The highest BCUT2D eigenvalue weighted by Gasteiger charge is 2.28. The van der Waals surface area contributed by atoms with E-state index in [9.17, 15) is 0 Å². The van der Waals surface area contributed by atoms with E-state index in [1.54, 1.807) is 0 Å². The first-order valence-electron chi connectivity index (χ1n) is 2.90. The summed E-state index contributed by atoms with van der Waals surface area (Å²) in [6, 6.07) is 0. The zero-order chi connectivity index (χ0) is 10.2. The lowest BCUT2D eigenvalue weighted by Gasteiger charge is -2.13. The summed E-state index contributed by atoms with van der Waals surface area (Å²) in [6.45, 7) is 0. The molecular formula is C6HCl6N. The van der Waals surface area contributed by atoms with E-state index >= 15 is 0 Å². The molecule has 1 nitrogen and oxygen atoms in total. The molecule has 13 heavy (non-hydrogen) atoms. The van der Waals surface area contributed by atoms with E-state index < -0.39 is 3.79 Å². The maximum atomic E-state index is 5.77. The molecule has 0 amide bonds. The van der Waals surface area contributed by atoms with Gasteiger partial charge in [0.2, 0.25) is 3.79 Å². The Labute approximate surface area is 105 Å². The topological polar surface area (TPSA) is 12.9 Å². The lowest BCUT2D eigenvalue weighted by molar-refractivity contribution is 1.17. The second-order valence-electron chi connectivity index (χ2n) is 2.09. The number of hydrogen-bond acceptors (Lipinski definition) is 1. The van der Waals surface area contributed by atoms with Crippen LogP contribution in [-0.4, -0.2) is 4.98 Å². The Morgan fingerprint density at radius 2 is 1.54 bits per heavy atom. The first-order valence-corrected chi connectivity index (χ1v) is 5.17. The van der Waals surface area contributed by atoms with Crippen molar-refractivity contribution in [3.05, 3.63) is 27.0 Å². The lowest BCUT2D eigenvalue weighted by Crippen LogP contribution is -2.02. The van der Waals surface area contributed by atoms with E-state index in [4.69, 9.17) is 69.6 Å². The van der Waals surface area contributed by atoms with Crippen LogP contribution in [0.2, 0.25) is 15.2 Å². The van der Waals surface area contributed by atoms with Gasteiger partial charge < -0.3 is 0 Å². The molecule has 1 aromatic heterocycles. The standard InChI is InChI=1S/C6HCl6N/c7-3-2(6(10,11)12)1-13-5(9)4(3)8/h1H. The minimum Gasteiger partial charge on any atom is -0.242 e. The predicted octanol–water partition coefficient (Wildman–Crippen LogP) is 4.87. The molecule has 0 atom stereocenters. The van der Waals surface area contributed by atoms with Crippen LogP contribution in [0.5, 0.6) is 0 Å². The fourth-order valence-corrected chi connectivity index (χ4v) is 1.84. The van der Waals surface area contributed by atoms with Crippen LogP contribution in [0.1, 0.15) is 5.56 Å². The number of pyridine rings is 1. The fourth-order valence-electron chi connectivity index (χ4n) is 0.641. The van der Waals surface area contributed by atoms with Crippen LogP contribution in [0, 0.1) is 0 Å². The van der Waals surface area contributed by atoms with Gasteiger partial charge >= 0.3 is 0 Å². The van der Waals surface area contributed by atoms with Crippen molar-refractivity contribution in [1.29, 1.82) is 0 Å². The summed E-state index contributed by atoms with van der Waals surface area (Å²) in [5.74, 6) is 0. The Bertz CT molecular complexity index is 331. The first kappa shape index (κ1) is 12.0. The summed E-state index contributed by atoms with van der Waals surface area (Å²) in [4.78, 5) is 3.70. The van der Waals surface area contributed by atoms with Crippen molar-refractivity contribution in [1.82, 2.24) is 4.98 Å². The number of nitrogens with zero attached hydrogens (tertiary/aromatic N) is 1. The first-order chi connectivity index (χ1) is 5.84. The molecule has 0 aliphatic carbocycles. The van der Waals surface area contributed by atoms with Gasteiger partial charge in [0, 0.05) is 11.8 Å². The molecule has 1 heterocycles. The number of alkyl halides is 3. The molecule has 0 aliphatic rings. The summed E-state index contributed by atoms with van der Waals surface area (Å²) in [5, 5.41) is 0.249. The van der Waals surface area contributed by atoms with Gasteiger partial charge in [-0.1, -0.05) is 69.6 Å². The summed E-state index contributed by atoms with van der Waals surface area (Å²) in [6.07, 6.45) is 1.27. The Kier molecular flexibility index (Phi) is 3.84. The zero-order valence-electron chi connectivity index (χ0n) is 5.79. The molecule has 0 unspecified atom stereocenters. The molecule has 0 saturated heterocycles. The average molecular weight is 300 g/mol. The van der Waals surface area contributed by atoms with Crippen LogP contribution in [0.4, 0.5) is 0 Å². The van der Waals surface area contributed by atoms with Crippen molar-refractivity contribution in [3.63, 3.8) is 0 Å². The van der Waals surface area contributed by atoms with E-state index in [0.717, 1.165) is 0 Å². The van der Waals surface area contributed by atoms with Crippen molar-refractivity contribution in [2.75, 3.05) is 0 Å². The highest BCUT2D eigenvalue weighted by Crippen LogP contribution is 2.44. The van der Waals surface area contributed by atoms with Gasteiger partial charge in [-0.25, -0.2) is 4.98 Å². The third kappa shape index (κ3) is 2.68. The molecule has 0 bridgehead atoms. The van der Waals surface area contributed by atoms with Crippen molar-refractivity contribution >= 4 is 69.6 Å². The van der Waals surface area contributed by atoms with Crippen LogP contribution < -0.4 is 0 Å². The van der Waals surface area contributed by atoms with Crippen LogP contribution in [0.3, 0.4) is 0 Å². The molecule has 0 fully saturated rings. The number of halogens is 6. The third-order valence-electron chi connectivity index (χ3n) is 1.22. The molecule has 0 aliphatic heterocycles. The normalized spacial score (nSPS) is 11.8. The van der Waals surface area contributed by atoms with E-state index in [-0.39, 0.29) is 20.8 Å². The maximum Gasteiger partial charge on any atom is 0.218 e. The van der Waals surface area contributed by atoms with E-state index in [1.165, 1.54) is 6.20 Å². The van der Waals surface area contributed by atoms with Crippen molar-refractivity contribution in [2.24, 2.45) is 0 Å². The Hall–Kier alpha value is 0.890. The SMILES string of the molecule is Clc1ncc(C(Cl)(Cl)Cl)c(Cl)c1Cl. The predicted molar refractivity (Wildman–Crippen MR) is 58.5 cm³/mol. The Morgan fingerprint density at radius 3 is 2.00 bits per heavy atom. The Morgan fingerprint density at radius 1 is 1.00 bits per heavy atom. The molecule has 0 radical (unpaired) electrons. The Balaban J connectivity index is 3.35. The lowest BCUT2D eigenvalue weighted by atomic mass is 10.3. The van der Waals surface area contributed by atoms with Gasteiger partial charge in [0.25, 0.3) is 0 Å². The van der Waals surface area contributed by atoms with Crippen LogP contribution in [0.25, 0.3) is 0 Å². The number of rotatable bonds is 0. The molecule has 1 rings (SSSR count). The minimum absolute atomic E-state index is 0.0738. The van der Waals surface area contributed by atoms with Gasteiger partial charge in [-0.05, 0) is 0 Å². The molecule has 0 saturated carbocycles. The molecule has 0 N–H and O–H groups in total. The van der Waals surface area contributed by atoms with Crippen LogP contribution in [0.15, 0.2) is 6.20 Å². The van der Waals surface area contributed by atoms with Crippen molar-refractivity contribution in [2.45, 2.75) is 3.79 Å². The fraction of sp³-hybridized carbons (Fsp3) is 0.167. The monoisotopic (exact) mass is 297 g/mol. The van der Waals surface area contributed by atoms with Gasteiger partial charge in [-0.15, -0.1) is 0 Å².